The van der Waals surface area contributed by atoms with Crippen LogP contribution in [0.25, 0.3) is 0 Å². The van der Waals surface area contributed by atoms with E-state index in [-0.39, 0.29) is 17.9 Å². The molecule has 3 aromatic rings. The molecule has 1 saturated heterocycles. The highest BCUT2D eigenvalue weighted by Crippen LogP contribution is 2.32. The largest absolute Gasteiger partial charge is 0.496 e. The Labute approximate surface area is 193 Å². The molecule has 1 fully saturated rings. The summed E-state index contributed by atoms with van der Waals surface area (Å²) in [4.78, 5) is 37.0. The fourth-order valence-corrected chi connectivity index (χ4v) is 4.16. The van der Waals surface area contributed by atoms with Crippen LogP contribution < -0.4 is 10.1 Å². The second kappa shape index (κ2) is 10.3. The lowest BCUT2D eigenvalue weighted by molar-refractivity contribution is 0.0595. The van der Waals surface area contributed by atoms with Gasteiger partial charge in [0.05, 0.1) is 30.0 Å². The summed E-state index contributed by atoms with van der Waals surface area (Å²) in [6, 6.07) is 16.7. The quantitative estimate of drug-likeness (QED) is 0.619. The Morgan fingerprint density at radius 2 is 1.82 bits per heavy atom. The fourth-order valence-electron chi connectivity index (χ4n) is 4.16. The second-order valence-electron chi connectivity index (χ2n) is 8.11. The van der Waals surface area contributed by atoms with Crippen LogP contribution in [0.2, 0.25) is 0 Å². The number of ether oxygens (including phenoxy) is 1. The minimum Gasteiger partial charge on any atom is -0.496 e. The molecular formula is C26H28N4O3. The number of benzene rings is 2. The Hall–Kier alpha value is -3.74. The van der Waals surface area contributed by atoms with Crippen LogP contribution in [-0.4, -0.2) is 40.3 Å². The van der Waals surface area contributed by atoms with Crippen molar-refractivity contribution in [2.45, 2.75) is 38.8 Å². The highest BCUT2D eigenvalue weighted by Gasteiger charge is 2.32. The van der Waals surface area contributed by atoms with E-state index in [1.54, 1.807) is 32.4 Å². The maximum atomic E-state index is 13.4. The Kier molecular flexibility index (Phi) is 6.98. The lowest BCUT2D eigenvalue weighted by atomic mass is 9.99. The van der Waals surface area contributed by atoms with Gasteiger partial charge in [-0.25, -0.2) is 9.97 Å². The molecule has 2 amide bonds. The molecule has 0 aliphatic carbocycles. The zero-order chi connectivity index (χ0) is 23.2. The molecule has 1 atom stereocenters. The maximum Gasteiger partial charge on any atom is 0.258 e. The van der Waals surface area contributed by atoms with Gasteiger partial charge in [0, 0.05) is 19.3 Å². The van der Waals surface area contributed by atoms with Crippen LogP contribution in [0.15, 0.2) is 60.8 Å². The molecule has 2 heterocycles. The van der Waals surface area contributed by atoms with E-state index in [0.717, 1.165) is 24.8 Å². The van der Waals surface area contributed by atoms with Crippen LogP contribution in [0.5, 0.6) is 5.75 Å². The van der Waals surface area contributed by atoms with E-state index in [9.17, 15) is 9.59 Å². The summed E-state index contributed by atoms with van der Waals surface area (Å²) in [5.74, 6) is 0.806. The minimum absolute atomic E-state index is 0.0944. The third kappa shape index (κ3) is 5.03. The molecule has 0 spiro atoms. The lowest BCUT2D eigenvalue weighted by Crippen LogP contribution is -2.39. The Balaban J connectivity index is 1.53. The number of piperidine rings is 1. The van der Waals surface area contributed by atoms with Crippen LogP contribution in [0.4, 0.5) is 0 Å². The van der Waals surface area contributed by atoms with Crippen LogP contribution in [0.1, 0.15) is 63.1 Å². The first-order valence-corrected chi connectivity index (χ1v) is 11.2. The van der Waals surface area contributed by atoms with Crippen molar-refractivity contribution in [2.75, 3.05) is 13.7 Å². The summed E-state index contributed by atoms with van der Waals surface area (Å²) in [6.07, 6.45) is 4.26. The molecule has 1 aliphatic rings. The number of carbonyl (C=O) groups excluding carboxylic acids is 2. The third-order valence-electron chi connectivity index (χ3n) is 5.94. The van der Waals surface area contributed by atoms with Gasteiger partial charge in [0.25, 0.3) is 11.8 Å². The fraction of sp³-hybridized carbons (Fsp3) is 0.308. The molecular weight excluding hydrogens is 416 g/mol. The van der Waals surface area contributed by atoms with Crippen LogP contribution >= 0.6 is 0 Å². The molecule has 0 radical (unpaired) electrons. The molecule has 33 heavy (non-hydrogen) atoms. The van der Waals surface area contributed by atoms with Gasteiger partial charge in [-0.1, -0.05) is 42.5 Å². The van der Waals surface area contributed by atoms with Gasteiger partial charge >= 0.3 is 0 Å². The maximum absolute atomic E-state index is 13.4. The average molecular weight is 445 g/mol. The summed E-state index contributed by atoms with van der Waals surface area (Å²) in [7, 11) is 1.56. The zero-order valence-corrected chi connectivity index (χ0v) is 19.0. The predicted octanol–water partition coefficient (Wildman–Crippen LogP) is 4.09. The van der Waals surface area contributed by atoms with Crippen molar-refractivity contribution >= 4 is 11.8 Å². The number of nitrogens with one attached hydrogen (secondary N) is 1. The van der Waals surface area contributed by atoms with Gasteiger partial charge in [0.15, 0.2) is 5.82 Å². The van der Waals surface area contributed by atoms with E-state index in [4.69, 9.17) is 4.74 Å². The number of aryl methyl sites for hydroxylation is 1. The molecule has 0 bridgehead atoms. The Morgan fingerprint density at radius 1 is 1.06 bits per heavy atom. The van der Waals surface area contributed by atoms with Gasteiger partial charge in [0.2, 0.25) is 0 Å². The first-order valence-electron chi connectivity index (χ1n) is 11.2. The van der Waals surface area contributed by atoms with E-state index in [2.05, 4.69) is 15.3 Å². The van der Waals surface area contributed by atoms with E-state index >= 15 is 0 Å². The summed E-state index contributed by atoms with van der Waals surface area (Å²) in [5, 5.41) is 2.92. The number of likely N-dealkylation sites (tertiary alicyclic amines) is 1. The molecule has 170 valence electrons. The monoisotopic (exact) mass is 444 g/mol. The Morgan fingerprint density at radius 3 is 2.58 bits per heavy atom. The summed E-state index contributed by atoms with van der Waals surface area (Å²) < 4.78 is 5.39. The molecule has 1 aliphatic heterocycles. The van der Waals surface area contributed by atoms with Crippen molar-refractivity contribution < 1.29 is 14.3 Å². The van der Waals surface area contributed by atoms with Gasteiger partial charge in [-0.2, -0.15) is 0 Å². The standard InChI is InChI=1S/C26H28N4O3/c1-18-21(25(31)28-16-19-10-4-3-5-11-19)17-27-24(29-18)22-13-8-9-15-30(22)26(32)20-12-6-7-14-23(20)33-2/h3-7,10-12,14,17,22H,8-9,13,15-16H2,1-2H3,(H,28,31). The number of aromatic nitrogens is 2. The SMILES string of the molecule is COc1ccccc1C(=O)N1CCCCC1c1ncc(C(=O)NCc2ccccc2)c(C)n1. The second-order valence-corrected chi connectivity index (χ2v) is 8.11. The molecule has 7 nitrogen and oxygen atoms in total. The lowest BCUT2D eigenvalue weighted by Gasteiger charge is -2.35. The molecule has 4 rings (SSSR count). The molecule has 2 aromatic carbocycles. The predicted molar refractivity (Wildman–Crippen MR) is 125 cm³/mol. The number of nitrogens with zero attached hydrogens (tertiary/aromatic N) is 3. The zero-order valence-electron chi connectivity index (χ0n) is 19.0. The molecule has 0 saturated carbocycles. The number of para-hydroxylation sites is 1. The minimum atomic E-state index is -0.240. The third-order valence-corrected chi connectivity index (χ3v) is 5.94. The van der Waals surface area contributed by atoms with Crippen LogP contribution in [-0.2, 0) is 6.54 Å². The van der Waals surface area contributed by atoms with E-state index in [1.165, 1.54) is 0 Å². The van der Waals surface area contributed by atoms with Crippen molar-refractivity contribution in [3.05, 3.63) is 89.0 Å². The summed E-state index contributed by atoms with van der Waals surface area (Å²) >= 11 is 0. The summed E-state index contributed by atoms with van der Waals surface area (Å²) in [6.45, 7) is 2.87. The average Bonchev–Trinajstić information content (AvgIpc) is 2.87. The molecule has 1 unspecified atom stereocenters. The highest BCUT2D eigenvalue weighted by molar-refractivity contribution is 5.97. The topological polar surface area (TPSA) is 84.4 Å². The van der Waals surface area contributed by atoms with Crippen LogP contribution in [0.3, 0.4) is 0 Å². The highest BCUT2D eigenvalue weighted by atomic mass is 16.5. The number of hydrogen-bond donors (Lipinski definition) is 1. The van der Waals surface area contributed by atoms with Crippen molar-refractivity contribution in [3.63, 3.8) is 0 Å². The normalized spacial score (nSPS) is 15.7. The van der Waals surface area contributed by atoms with Crippen molar-refractivity contribution in [2.24, 2.45) is 0 Å². The first kappa shape index (κ1) is 22.5. The number of carbonyl (C=O) groups is 2. The number of rotatable bonds is 6. The van der Waals surface area contributed by atoms with Crippen LogP contribution in [0, 0.1) is 6.92 Å². The van der Waals surface area contributed by atoms with Gasteiger partial charge in [-0.3, -0.25) is 9.59 Å². The van der Waals surface area contributed by atoms with E-state index in [0.29, 0.717) is 41.5 Å². The summed E-state index contributed by atoms with van der Waals surface area (Å²) in [5.41, 5.74) is 2.59. The van der Waals surface area contributed by atoms with Crippen molar-refractivity contribution in [1.29, 1.82) is 0 Å². The van der Waals surface area contributed by atoms with Gasteiger partial charge in [-0.15, -0.1) is 0 Å². The number of hydrogen-bond acceptors (Lipinski definition) is 5. The van der Waals surface area contributed by atoms with Gasteiger partial charge < -0.3 is 15.0 Å². The van der Waals surface area contributed by atoms with E-state index in [1.807, 2.05) is 47.4 Å². The van der Waals surface area contributed by atoms with Gasteiger partial charge in [0.1, 0.15) is 5.75 Å². The van der Waals surface area contributed by atoms with Crippen molar-refractivity contribution in [1.82, 2.24) is 20.2 Å². The van der Waals surface area contributed by atoms with Crippen molar-refractivity contribution in [3.8, 4) is 5.75 Å². The van der Waals surface area contributed by atoms with E-state index < -0.39 is 0 Å². The first-order chi connectivity index (χ1) is 16.1. The Bertz CT molecular complexity index is 1130. The molecule has 1 N–H and O–H groups in total. The molecule has 7 heteroatoms. The number of methoxy groups -OCH3 is 1. The molecule has 1 aromatic heterocycles. The number of amides is 2. The van der Waals surface area contributed by atoms with Gasteiger partial charge in [-0.05, 0) is 43.9 Å². The smallest absolute Gasteiger partial charge is 0.258 e.